The molecule has 3 aromatic rings. The second-order valence-corrected chi connectivity index (χ2v) is 7.65. The number of aromatic nitrogens is 4. The van der Waals surface area contributed by atoms with Gasteiger partial charge in [0.25, 0.3) is 0 Å². The third-order valence-electron chi connectivity index (χ3n) is 5.05. The number of hydrogen-bond acceptors (Lipinski definition) is 6. The lowest BCUT2D eigenvalue weighted by Crippen LogP contribution is -2.50. The van der Waals surface area contributed by atoms with Crippen LogP contribution in [0.15, 0.2) is 24.3 Å². The highest BCUT2D eigenvalue weighted by Gasteiger charge is 2.25. The van der Waals surface area contributed by atoms with Gasteiger partial charge in [-0.2, -0.15) is 9.97 Å². The number of fused-ring (bicyclic) bond motifs is 1. The first kappa shape index (κ1) is 19.0. The van der Waals surface area contributed by atoms with E-state index in [1.54, 1.807) is 0 Å². The van der Waals surface area contributed by atoms with E-state index in [0.29, 0.717) is 31.8 Å². The zero-order valence-corrected chi connectivity index (χ0v) is 16.9. The molecule has 1 aromatic carbocycles. The number of carbonyl (C=O) groups is 1. The molecule has 29 heavy (non-hydrogen) atoms. The van der Waals surface area contributed by atoms with Crippen molar-refractivity contribution in [1.29, 1.82) is 0 Å². The Kier molecular flexibility index (Phi) is 4.96. The summed E-state index contributed by atoms with van der Waals surface area (Å²) in [4.78, 5) is 33.1. The summed E-state index contributed by atoms with van der Waals surface area (Å²) in [6, 6.07) is 7.70. The SMILES string of the molecule is Cc1cccc(NC(=O)N2CCN(c3nc(N)nc4nc(C(C)C)[nH]c34)CC2)c1. The molecule has 0 aliphatic carbocycles. The molecule has 0 spiro atoms. The summed E-state index contributed by atoms with van der Waals surface area (Å²) in [5, 5.41) is 2.97. The number of piperazine rings is 1. The van der Waals surface area contributed by atoms with Crippen molar-refractivity contribution in [1.82, 2.24) is 24.8 Å². The molecule has 1 saturated heterocycles. The maximum Gasteiger partial charge on any atom is 0.321 e. The summed E-state index contributed by atoms with van der Waals surface area (Å²) >= 11 is 0. The molecule has 1 aliphatic heterocycles. The molecule has 2 aromatic heterocycles. The second kappa shape index (κ2) is 7.57. The predicted molar refractivity (Wildman–Crippen MR) is 114 cm³/mol. The van der Waals surface area contributed by atoms with Gasteiger partial charge in [-0.3, -0.25) is 0 Å². The van der Waals surface area contributed by atoms with Gasteiger partial charge in [0.05, 0.1) is 0 Å². The number of anilines is 3. The van der Waals surface area contributed by atoms with Crippen molar-refractivity contribution in [2.45, 2.75) is 26.7 Å². The number of aryl methyl sites for hydroxylation is 1. The highest BCUT2D eigenvalue weighted by atomic mass is 16.2. The van der Waals surface area contributed by atoms with E-state index < -0.39 is 0 Å². The number of H-pyrrole nitrogens is 1. The van der Waals surface area contributed by atoms with Crippen molar-refractivity contribution in [3.05, 3.63) is 35.7 Å². The Labute approximate surface area is 169 Å². The van der Waals surface area contributed by atoms with Crippen LogP contribution >= 0.6 is 0 Å². The van der Waals surface area contributed by atoms with Crippen LogP contribution in [0.4, 0.5) is 22.2 Å². The fourth-order valence-electron chi connectivity index (χ4n) is 3.47. The van der Waals surface area contributed by atoms with E-state index in [0.717, 1.165) is 28.4 Å². The van der Waals surface area contributed by atoms with Gasteiger partial charge in [-0.05, 0) is 24.6 Å². The number of urea groups is 1. The van der Waals surface area contributed by atoms with Gasteiger partial charge in [0, 0.05) is 37.8 Å². The summed E-state index contributed by atoms with van der Waals surface area (Å²) in [6.45, 7) is 8.64. The summed E-state index contributed by atoms with van der Waals surface area (Å²) < 4.78 is 0. The molecule has 0 unspecified atom stereocenters. The van der Waals surface area contributed by atoms with Crippen molar-refractivity contribution >= 4 is 34.6 Å². The summed E-state index contributed by atoms with van der Waals surface area (Å²) in [5.41, 5.74) is 9.20. The molecule has 0 bridgehead atoms. The number of hydrogen-bond donors (Lipinski definition) is 3. The molecule has 9 heteroatoms. The Balaban J connectivity index is 1.47. The van der Waals surface area contributed by atoms with Crippen LogP contribution in [0.25, 0.3) is 11.2 Å². The first-order valence-corrected chi connectivity index (χ1v) is 9.81. The van der Waals surface area contributed by atoms with Gasteiger partial charge in [0.2, 0.25) is 5.95 Å². The second-order valence-electron chi connectivity index (χ2n) is 7.65. The average Bonchev–Trinajstić information content (AvgIpc) is 3.12. The number of carbonyl (C=O) groups excluding carboxylic acids is 1. The summed E-state index contributed by atoms with van der Waals surface area (Å²) in [6.07, 6.45) is 0. The molecule has 0 radical (unpaired) electrons. The Morgan fingerprint density at radius 1 is 1.17 bits per heavy atom. The number of amides is 2. The van der Waals surface area contributed by atoms with E-state index in [4.69, 9.17) is 5.73 Å². The normalized spacial score (nSPS) is 14.6. The topological polar surface area (TPSA) is 116 Å². The standard InChI is InChI=1S/C20H26N8O/c1-12(2)16-23-15-17(24-16)25-19(21)26-18(15)27-7-9-28(10-8-27)20(29)22-14-6-4-5-13(3)11-14/h4-6,11-12H,7-10H2,1-3H3,(H,22,29)(H3,21,23,24,25,26). The minimum Gasteiger partial charge on any atom is -0.368 e. The van der Waals surface area contributed by atoms with E-state index in [9.17, 15) is 4.79 Å². The van der Waals surface area contributed by atoms with Crippen LogP contribution in [-0.4, -0.2) is 57.0 Å². The van der Waals surface area contributed by atoms with Gasteiger partial charge in [-0.1, -0.05) is 26.0 Å². The third kappa shape index (κ3) is 3.94. The van der Waals surface area contributed by atoms with Gasteiger partial charge in [-0.25, -0.2) is 9.78 Å². The van der Waals surface area contributed by atoms with Crippen molar-refractivity contribution in [2.75, 3.05) is 42.1 Å². The van der Waals surface area contributed by atoms with Crippen LogP contribution in [0.1, 0.15) is 31.2 Å². The Morgan fingerprint density at radius 2 is 1.93 bits per heavy atom. The fraction of sp³-hybridized carbons (Fsp3) is 0.400. The van der Waals surface area contributed by atoms with Crippen LogP contribution in [0.2, 0.25) is 0 Å². The molecule has 1 aliphatic rings. The number of nitrogen functional groups attached to an aromatic ring is 1. The Bertz CT molecular complexity index is 1040. The van der Waals surface area contributed by atoms with E-state index in [1.807, 2.05) is 36.1 Å². The average molecular weight is 394 g/mol. The molecule has 3 heterocycles. The summed E-state index contributed by atoms with van der Waals surface area (Å²) in [5.74, 6) is 2.05. The molecule has 0 saturated carbocycles. The van der Waals surface area contributed by atoms with E-state index in [1.165, 1.54) is 0 Å². The number of aromatic amines is 1. The van der Waals surface area contributed by atoms with Crippen LogP contribution < -0.4 is 16.0 Å². The van der Waals surface area contributed by atoms with Gasteiger partial charge < -0.3 is 25.8 Å². The smallest absolute Gasteiger partial charge is 0.321 e. The molecule has 9 nitrogen and oxygen atoms in total. The monoisotopic (exact) mass is 394 g/mol. The third-order valence-corrected chi connectivity index (χ3v) is 5.05. The van der Waals surface area contributed by atoms with Crippen LogP contribution in [0.5, 0.6) is 0 Å². The van der Waals surface area contributed by atoms with Crippen LogP contribution in [0.3, 0.4) is 0 Å². The van der Waals surface area contributed by atoms with Crippen molar-refractivity contribution in [2.24, 2.45) is 0 Å². The Morgan fingerprint density at radius 3 is 2.62 bits per heavy atom. The Hall–Kier alpha value is -3.36. The maximum atomic E-state index is 12.6. The maximum absolute atomic E-state index is 12.6. The minimum absolute atomic E-state index is 0.0915. The quantitative estimate of drug-likeness (QED) is 0.629. The molecule has 4 N–H and O–H groups in total. The minimum atomic E-state index is -0.0915. The number of rotatable bonds is 3. The largest absolute Gasteiger partial charge is 0.368 e. The summed E-state index contributed by atoms with van der Waals surface area (Å²) in [7, 11) is 0. The molecule has 1 fully saturated rings. The van der Waals surface area contributed by atoms with Crippen molar-refractivity contribution in [3.63, 3.8) is 0 Å². The first-order chi connectivity index (χ1) is 13.9. The van der Waals surface area contributed by atoms with Crippen LogP contribution in [-0.2, 0) is 0 Å². The molecule has 4 rings (SSSR count). The molecule has 152 valence electrons. The van der Waals surface area contributed by atoms with Gasteiger partial charge >= 0.3 is 6.03 Å². The molecular formula is C20H26N8O. The number of benzene rings is 1. The number of imidazole rings is 1. The van der Waals surface area contributed by atoms with Crippen LogP contribution in [0, 0.1) is 6.92 Å². The molecular weight excluding hydrogens is 368 g/mol. The van der Waals surface area contributed by atoms with Crippen molar-refractivity contribution < 1.29 is 4.79 Å². The number of nitrogens with zero attached hydrogens (tertiary/aromatic N) is 5. The lowest BCUT2D eigenvalue weighted by Gasteiger charge is -2.35. The fourth-order valence-corrected chi connectivity index (χ4v) is 3.47. The van der Waals surface area contributed by atoms with Gasteiger partial charge in [0.15, 0.2) is 11.5 Å². The van der Waals surface area contributed by atoms with Crippen molar-refractivity contribution in [3.8, 4) is 0 Å². The lowest BCUT2D eigenvalue weighted by molar-refractivity contribution is 0.208. The van der Waals surface area contributed by atoms with E-state index >= 15 is 0 Å². The first-order valence-electron chi connectivity index (χ1n) is 9.81. The van der Waals surface area contributed by atoms with E-state index in [-0.39, 0.29) is 17.9 Å². The van der Waals surface area contributed by atoms with Gasteiger partial charge in [-0.15, -0.1) is 0 Å². The van der Waals surface area contributed by atoms with E-state index in [2.05, 4.69) is 44.0 Å². The highest BCUT2D eigenvalue weighted by Crippen LogP contribution is 2.26. The molecule has 2 amide bonds. The zero-order valence-electron chi connectivity index (χ0n) is 16.9. The highest BCUT2D eigenvalue weighted by molar-refractivity contribution is 5.90. The lowest BCUT2D eigenvalue weighted by atomic mass is 10.2. The number of nitrogens with one attached hydrogen (secondary N) is 2. The van der Waals surface area contributed by atoms with Gasteiger partial charge in [0.1, 0.15) is 11.3 Å². The zero-order chi connectivity index (χ0) is 20.5. The number of nitrogens with two attached hydrogens (primary N) is 1. The molecule has 0 atom stereocenters. The predicted octanol–water partition coefficient (Wildman–Crippen LogP) is 2.72.